The van der Waals surface area contributed by atoms with E-state index >= 15 is 0 Å². The standard InChI is InChI=1S/C23H26O6/c1-14(20(24)15-6-8-17(9-7-15)23(2,3)4)29-22(25)16-12-18(26-5)21-19(13-16)27-10-11-28-21/h6-9,12-14H,10-11H2,1-5H3/t14-/m0/s1. The minimum Gasteiger partial charge on any atom is -0.493 e. The highest BCUT2D eigenvalue weighted by Gasteiger charge is 2.25. The minimum absolute atomic E-state index is 0.00303. The summed E-state index contributed by atoms with van der Waals surface area (Å²) in [4.78, 5) is 25.3. The van der Waals surface area contributed by atoms with Gasteiger partial charge in [-0.2, -0.15) is 0 Å². The molecule has 6 heteroatoms. The Labute approximate surface area is 170 Å². The van der Waals surface area contributed by atoms with E-state index in [-0.39, 0.29) is 16.8 Å². The molecular weight excluding hydrogens is 372 g/mol. The SMILES string of the molecule is COc1cc(C(=O)O[C@@H](C)C(=O)c2ccc(C(C)(C)C)cc2)cc2c1OCCO2. The van der Waals surface area contributed by atoms with Gasteiger partial charge in [-0.3, -0.25) is 4.79 Å². The van der Waals surface area contributed by atoms with Crippen LogP contribution in [0.2, 0.25) is 0 Å². The smallest absolute Gasteiger partial charge is 0.339 e. The maximum Gasteiger partial charge on any atom is 0.339 e. The molecule has 1 aliphatic rings. The molecule has 0 fully saturated rings. The predicted molar refractivity (Wildman–Crippen MR) is 108 cm³/mol. The van der Waals surface area contributed by atoms with E-state index in [1.807, 2.05) is 12.1 Å². The van der Waals surface area contributed by atoms with Crippen molar-refractivity contribution in [1.82, 2.24) is 0 Å². The van der Waals surface area contributed by atoms with Gasteiger partial charge in [0.2, 0.25) is 11.5 Å². The molecule has 154 valence electrons. The van der Waals surface area contributed by atoms with Gasteiger partial charge in [0.05, 0.1) is 12.7 Å². The van der Waals surface area contributed by atoms with Crippen LogP contribution in [0.3, 0.4) is 0 Å². The van der Waals surface area contributed by atoms with Crippen LogP contribution in [0.5, 0.6) is 17.2 Å². The van der Waals surface area contributed by atoms with Gasteiger partial charge in [-0.25, -0.2) is 4.79 Å². The number of ether oxygens (including phenoxy) is 4. The lowest BCUT2D eigenvalue weighted by molar-refractivity contribution is 0.0317. The molecule has 1 atom stereocenters. The fourth-order valence-corrected chi connectivity index (χ4v) is 3.04. The molecule has 0 bridgehead atoms. The van der Waals surface area contributed by atoms with Crippen LogP contribution >= 0.6 is 0 Å². The van der Waals surface area contributed by atoms with E-state index in [4.69, 9.17) is 18.9 Å². The number of Topliss-reactive ketones (excluding diaryl/α,β-unsaturated/α-hetero) is 1. The Kier molecular flexibility index (Phi) is 5.82. The second kappa shape index (κ2) is 8.15. The number of carbonyl (C=O) groups is 2. The Balaban J connectivity index is 1.74. The summed E-state index contributed by atoms with van der Waals surface area (Å²) < 4.78 is 21.8. The lowest BCUT2D eigenvalue weighted by Crippen LogP contribution is -2.25. The molecule has 6 nitrogen and oxygen atoms in total. The second-order valence-corrected chi connectivity index (χ2v) is 7.94. The quantitative estimate of drug-likeness (QED) is 0.556. The number of rotatable bonds is 5. The van der Waals surface area contributed by atoms with E-state index < -0.39 is 12.1 Å². The predicted octanol–water partition coefficient (Wildman–Crippen LogP) is 4.19. The Morgan fingerprint density at radius 2 is 1.66 bits per heavy atom. The van der Waals surface area contributed by atoms with Crippen LogP contribution in [-0.2, 0) is 10.2 Å². The summed E-state index contributed by atoms with van der Waals surface area (Å²) in [5.41, 5.74) is 1.85. The first-order valence-electron chi connectivity index (χ1n) is 9.54. The third-order valence-corrected chi connectivity index (χ3v) is 4.75. The fourth-order valence-electron chi connectivity index (χ4n) is 3.04. The average Bonchev–Trinajstić information content (AvgIpc) is 2.71. The Hall–Kier alpha value is -3.02. The van der Waals surface area contributed by atoms with E-state index in [0.717, 1.165) is 5.56 Å². The van der Waals surface area contributed by atoms with Crippen molar-refractivity contribution in [1.29, 1.82) is 0 Å². The van der Waals surface area contributed by atoms with Crippen LogP contribution < -0.4 is 14.2 Å². The van der Waals surface area contributed by atoms with E-state index in [9.17, 15) is 9.59 Å². The van der Waals surface area contributed by atoms with Crippen LogP contribution in [0.1, 0.15) is 54.0 Å². The summed E-state index contributed by atoms with van der Waals surface area (Å²) in [6.45, 7) is 8.68. The van der Waals surface area contributed by atoms with Crippen molar-refractivity contribution in [2.24, 2.45) is 0 Å². The maximum absolute atomic E-state index is 12.7. The van der Waals surface area contributed by atoms with Crippen LogP contribution in [0.4, 0.5) is 0 Å². The number of methoxy groups -OCH3 is 1. The summed E-state index contributed by atoms with van der Waals surface area (Å²) in [5.74, 6) is 0.360. The van der Waals surface area contributed by atoms with Crippen LogP contribution in [0.25, 0.3) is 0 Å². The fraction of sp³-hybridized carbons (Fsp3) is 0.391. The van der Waals surface area contributed by atoms with Crippen molar-refractivity contribution in [3.63, 3.8) is 0 Å². The molecule has 0 aromatic heterocycles. The first-order chi connectivity index (χ1) is 13.7. The highest BCUT2D eigenvalue weighted by molar-refractivity contribution is 6.01. The number of fused-ring (bicyclic) bond motifs is 1. The second-order valence-electron chi connectivity index (χ2n) is 7.94. The molecule has 0 unspecified atom stereocenters. The van der Waals surface area contributed by atoms with E-state index in [0.29, 0.717) is 36.0 Å². The largest absolute Gasteiger partial charge is 0.493 e. The molecular formula is C23H26O6. The normalized spacial score (nSPS) is 14.1. The highest BCUT2D eigenvalue weighted by atomic mass is 16.6. The molecule has 2 aromatic carbocycles. The lowest BCUT2D eigenvalue weighted by atomic mass is 9.86. The first-order valence-corrected chi connectivity index (χ1v) is 9.54. The van der Waals surface area contributed by atoms with E-state index in [2.05, 4.69) is 20.8 Å². The van der Waals surface area contributed by atoms with Crippen LogP contribution in [-0.4, -0.2) is 38.2 Å². The summed E-state index contributed by atoms with van der Waals surface area (Å²) in [6.07, 6.45) is -0.929. The highest BCUT2D eigenvalue weighted by Crippen LogP contribution is 2.40. The topological polar surface area (TPSA) is 71.1 Å². The van der Waals surface area contributed by atoms with Crippen molar-refractivity contribution in [2.75, 3.05) is 20.3 Å². The molecule has 3 rings (SSSR count). The number of benzene rings is 2. The Bertz CT molecular complexity index is 891. The van der Waals surface area contributed by atoms with Crippen molar-refractivity contribution in [3.8, 4) is 17.2 Å². The number of carbonyl (C=O) groups excluding carboxylic acids is 2. The van der Waals surface area contributed by atoms with Gasteiger partial charge in [0.25, 0.3) is 0 Å². The molecule has 0 radical (unpaired) electrons. The zero-order valence-electron chi connectivity index (χ0n) is 17.4. The van der Waals surface area contributed by atoms with Crippen LogP contribution in [0, 0.1) is 0 Å². The summed E-state index contributed by atoms with van der Waals surface area (Å²) in [6, 6.07) is 10.4. The zero-order valence-corrected chi connectivity index (χ0v) is 17.4. The third-order valence-electron chi connectivity index (χ3n) is 4.75. The molecule has 1 heterocycles. The maximum atomic E-state index is 12.7. The number of esters is 1. The van der Waals surface area contributed by atoms with Gasteiger partial charge >= 0.3 is 5.97 Å². The van der Waals surface area contributed by atoms with Gasteiger partial charge in [0.1, 0.15) is 13.2 Å². The van der Waals surface area contributed by atoms with Gasteiger partial charge in [-0.1, -0.05) is 45.0 Å². The summed E-state index contributed by atoms with van der Waals surface area (Å²) >= 11 is 0. The Morgan fingerprint density at radius 1 is 1.00 bits per heavy atom. The van der Waals surface area contributed by atoms with Gasteiger partial charge in [-0.05, 0) is 30.0 Å². The third kappa shape index (κ3) is 4.53. The summed E-state index contributed by atoms with van der Waals surface area (Å²) in [7, 11) is 1.48. The van der Waals surface area contributed by atoms with Gasteiger partial charge in [-0.15, -0.1) is 0 Å². The van der Waals surface area contributed by atoms with Gasteiger partial charge < -0.3 is 18.9 Å². The van der Waals surface area contributed by atoms with Crippen LogP contribution in [0.15, 0.2) is 36.4 Å². The lowest BCUT2D eigenvalue weighted by Gasteiger charge is -2.21. The minimum atomic E-state index is -0.929. The number of hydrogen-bond donors (Lipinski definition) is 0. The number of hydrogen-bond acceptors (Lipinski definition) is 6. The zero-order chi connectivity index (χ0) is 21.2. The molecule has 0 aliphatic carbocycles. The molecule has 0 amide bonds. The van der Waals surface area contributed by atoms with Gasteiger partial charge in [0, 0.05) is 5.56 Å². The molecule has 1 aliphatic heterocycles. The van der Waals surface area contributed by atoms with E-state index in [1.54, 1.807) is 19.1 Å². The molecule has 2 aromatic rings. The van der Waals surface area contributed by atoms with Crippen molar-refractivity contribution >= 4 is 11.8 Å². The molecule has 0 spiro atoms. The van der Waals surface area contributed by atoms with E-state index in [1.165, 1.54) is 19.2 Å². The number of ketones is 1. The van der Waals surface area contributed by atoms with Crippen molar-refractivity contribution in [3.05, 3.63) is 53.1 Å². The molecule has 0 N–H and O–H groups in total. The first kappa shape index (κ1) is 20.7. The molecule has 29 heavy (non-hydrogen) atoms. The monoisotopic (exact) mass is 398 g/mol. The Morgan fingerprint density at radius 3 is 2.28 bits per heavy atom. The summed E-state index contributed by atoms with van der Waals surface area (Å²) in [5, 5.41) is 0. The average molecular weight is 398 g/mol. The van der Waals surface area contributed by atoms with Gasteiger partial charge in [0.15, 0.2) is 17.6 Å². The van der Waals surface area contributed by atoms with Crippen molar-refractivity contribution < 1.29 is 28.5 Å². The molecule has 0 saturated carbocycles. The van der Waals surface area contributed by atoms with Crippen molar-refractivity contribution in [2.45, 2.75) is 39.2 Å². The molecule has 0 saturated heterocycles.